The van der Waals surface area contributed by atoms with Gasteiger partial charge in [-0.05, 0) is 40.2 Å². The summed E-state index contributed by atoms with van der Waals surface area (Å²) < 4.78 is 1.46. The van der Waals surface area contributed by atoms with E-state index in [1.807, 2.05) is 24.3 Å². The number of halogens is 2. The van der Waals surface area contributed by atoms with Gasteiger partial charge in [-0.15, -0.1) is 11.3 Å². The van der Waals surface area contributed by atoms with Crippen molar-refractivity contribution in [3.05, 3.63) is 50.1 Å². The molecule has 1 heterocycles. The molecule has 82 valence electrons. The highest BCUT2D eigenvalue weighted by atomic mass is 79.9. The van der Waals surface area contributed by atoms with E-state index >= 15 is 0 Å². The molecule has 0 radical (unpaired) electrons. The van der Waals surface area contributed by atoms with Crippen LogP contribution in [0.15, 0.2) is 40.9 Å². The molecule has 0 unspecified atom stereocenters. The second-order valence-corrected chi connectivity index (χ2v) is 5.61. The minimum absolute atomic E-state index is 0.149. The first-order valence-electron chi connectivity index (χ1n) is 4.48. The molecule has 1 N–H and O–H groups in total. The highest BCUT2D eigenvalue weighted by Gasteiger charge is 2.09. The molecule has 0 aliphatic heterocycles. The van der Waals surface area contributed by atoms with Crippen molar-refractivity contribution in [1.29, 1.82) is 0 Å². The number of para-hydroxylation sites is 1. The zero-order valence-corrected chi connectivity index (χ0v) is 11.2. The molecule has 0 saturated heterocycles. The first kappa shape index (κ1) is 11.6. The van der Waals surface area contributed by atoms with E-state index in [0.29, 0.717) is 9.21 Å². The van der Waals surface area contributed by atoms with E-state index in [4.69, 9.17) is 11.6 Å². The number of hydrogen-bond donors (Lipinski definition) is 1. The first-order valence-corrected chi connectivity index (χ1v) is 6.47. The minimum atomic E-state index is -0.149. The number of amides is 1. The zero-order chi connectivity index (χ0) is 11.5. The highest BCUT2D eigenvalue weighted by Crippen LogP contribution is 2.25. The van der Waals surface area contributed by atoms with Gasteiger partial charge in [-0.1, -0.05) is 23.7 Å². The van der Waals surface area contributed by atoms with Gasteiger partial charge in [-0.3, -0.25) is 4.79 Å². The zero-order valence-electron chi connectivity index (χ0n) is 8.04. The molecular formula is C11H7BrClNOS. The number of anilines is 1. The van der Waals surface area contributed by atoms with Crippen molar-refractivity contribution in [2.45, 2.75) is 0 Å². The molecule has 0 fully saturated rings. The Balaban J connectivity index is 2.17. The second-order valence-electron chi connectivity index (χ2n) is 3.04. The monoisotopic (exact) mass is 315 g/mol. The number of carbonyl (C=O) groups excluding carboxylic acids is 1. The van der Waals surface area contributed by atoms with Crippen LogP contribution in [0, 0.1) is 0 Å². The van der Waals surface area contributed by atoms with Crippen LogP contribution in [0.1, 0.15) is 9.67 Å². The van der Waals surface area contributed by atoms with Crippen molar-refractivity contribution in [2.24, 2.45) is 0 Å². The molecule has 16 heavy (non-hydrogen) atoms. The third kappa shape index (κ3) is 2.64. The molecule has 5 heteroatoms. The van der Waals surface area contributed by atoms with Gasteiger partial charge < -0.3 is 5.32 Å². The molecule has 0 bridgehead atoms. The van der Waals surface area contributed by atoms with Crippen LogP contribution in [0.2, 0.25) is 4.34 Å². The molecule has 2 nitrogen and oxygen atoms in total. The SMILES string of the molecule is O=C(Nc1ccccc1Br)c1ccc(Cl)s1. The minimum Gasteiger partial charge on any atom is -0.320 e. The lowest BCUT2D eigenvalue weighted by atomic mass is 10.3. The van der Waals surface area contributed by atoms with E-state index in [1.54, 1.807) is 12.1 Å². The molecule has 0 spiro atoms. The molecule has 0 atom stereocenters. The Kier molecular flexibility index (Phi) is 3.63. The fourth-order valence-corrected chi connectivity index (χ4v) is 2.51. The van der Waals surface area contributed by atoms with Crippen LogP contribution in [0.25, 0.3) is 0 Å². The van der Waals surface area contributed by atoms with Crippen LogP contribution < -0.4 is 5.32 Å². The van der Waals surface area contributed by atoms with Crippen molar-refractivity contribution in [3.8, 4) is 0 Å². The standard InChI is InChI=1S/C11H7BrClNOS/c12-7-3-1-2-4-8(7)14-11(15)9-5-6-10(13)16-9/h1-6H,(H,14,15). The van der Waals surface area contributed by atoms with Crippen molar-refractivity contribution in [2.75, 3.05) is 5.32 Å². The molecule has 1 aromatic carbocycles. The lowest BCUT2D eigenvalue weighted by molar-refractivity contribution is 0.103. The Morgan fingerprint density at radius 1 is 1.25 bits per heavy atom. The van der Waals surface area contributed by atoms with E-state index < -0.39 is 0 Å². The van der Waals surface area contributed by atoms with Crippen LogP contribution in [0.3, 0.4) is 0 Å². The average molecular weight is 317 g/mol. The van der Waals surface area contributed by atoms with Crippen LogP contribution in [-0.2, 0) is 0 Å². The number of rotatable bonds is 2. The van der Waals surface area contributed by atoms with Gasteiger partial charge in [0.25, 0.3) is 5.91 Å². The van der Waals surface area contributed by atoms with Gasteiger partial charge in [0, 0.05) is 4.47 Å². The summed E-state index contributed by atoms with van der Waals surface area (Å²) in [7, 11) is 0. The van der Waals surface area contributed by atoms with Crippen LogP contribution in [0.4, 0.5) is 5.69 Å². The van der Waals surface area contributed by atoms with E-state index in [-0.39, 0.29) is 5.91 Å². The molecular weight excluding hydrogens is 310 g/mol. The van der Waals surface area contributed by atoms with E-state index in [9.17, 15) is 4.79 Å². The quantitative estimate of drug-likeness (QED) is 0.873. The average Bonchev–Trinajstić information content (AvgIpc) is 2.68. The summed E-state index contributed by atoms with van der Waals surface area (Å²) in [5, 5.41) is 2.81. The van der Waals surface area contributed by atoms with Crippen molar-refractivity contribution in [3.63, 3.8) is 0 Å². The third-order valence-electron chi connectivity index (χ3n) is 1.92. The summed E-state index contributed by atoms with van der Waals surface area (Å²) in [4.78, 5) is 12.4. The molecule has 1 amide bonds. The topological polar surface area (TPSA) is 29.1 Å². The molecule has 1 aromatic heterocycles. The van der Waals surface area contributed by atoms with Gasteiger partial charge in [-0.2, -0.15) is 0 Å². The van der Waals surface area contributed by atoms with Gasteiger partial charge >= 0.3 is 0 Å². The maximum absolute atomic E-state index is 11.8. The molecule has 2 rings (SSSR count). The van der Waals surface area contributed by atoms with Gasteiger partial charge in [0.05, 0.1) is 14.9 Å². The Morgan fingerprint density at radius 3 is 2.62 bits per heavy atom. The van der Waals surface area contributed by atoms with E-state index in [0.717, 1.165) is 10.2 Å². The number of carbonyl (C=O) groups is 1. The molecule has 0 saturated carbocycles. The third-order valence-corrected chi connectivity index (χ3v) is 3.84. The molecule has 0 aliphatic rings. The Hall–Kier alpha value is -0.840. The Labute approximate surface area is 110 Å². The largest absolute Gasteiger partial charge is 0.320 e. The van der Waals surface area contributed by atoms with Gasteiger partial charge in [0.1, 0.15) is 0 Å². The van der Waals surface area contributed by atoms with Crippen molar-refractivity contribution in [1.82, 2.24) is 0 Å². The molecule has 0 aliphatic carbocycles. The predicted molar refractivity (Wildman–Crippen MR) is 71.4 cm³/mol. The van der Waals surface area contributed by atoms with Crippen molar-refractivity contribution >= 4 is 50.5 Å². The summed E-state index contributed by atoms with van der Waals surface area (Å²) in [6, 6.07) is 10.9. The number of nitrogens with one attached hydrogen (secondary N) is 1. The Morgan fingerprint density at radius 2 is 2.00 bits per heavy atom. The number of benzene rings is 1. The number of thiophene rings is 1. The predicted octanol–water partition coefficient (Wildman–Crippen LogP) is 4.42. The summed E-state index contributed by atoms with van der Waals surface area (Å²) in [6.45, 7) is 0. The summed E-state index contributed by atoms with van der Waals surface area (Å²) in [5.74, 6) is -0.149. The lowest BCUT2D eigenvalue weighted by Gasteiger charge is -2.05. The van der Waals surface area contributed by atoms with E-state index in [1.165, 1.54) is 11.3 Å². The Bertz CT molecular complexity index is 526. The van der Waals surface area contributed by atoms with Crippen molar-refractivity contribution < 1.29 is 4.79 Å². The van der Waals surface area contributed by atoms with Gasteiger partial charge in [0.15, 0.2) is 0 Å². The highest BCUT2D eigenvalue weighted by molar-refractivity contribution is 9.10. The smallest absolute Gasteiger partial charge is 0.265 e. The van der Waals surface area contributed by atoms with Gasteiger partial charge in [0.2, 0.25) is 0 Å². The fraction of sp³-hybridized carbons (Fsp3) is 0. The van der Waals surface area contributed by atoms with Gasteiger partial charge in [-0.25, -0.2) is 0 Å². The maximum Gasteiger partial charge on any atom is 0.265 e. The van der Waals surface area contributed by atoms with Crippen LogP contribution in [-0.4, -0.2) is 5.91 Å². The lowest BCUT2D eigenvalue weighted by Crippen LogP contribution is -2.10. The first-order chi connectivity index (χ1) is 7.66. The van der Waals surface area contributed by atoms with Crippen LogP contribution >= 0.6 is 38.9 Å². The normalized spacial score (nSPS) is 10.1. The fourth-order valence-electron chi connectivity index (χ4n) is 1.18. The summed E-state index contributed by atoms with van der Waals surface area (Å²) in [5.41, 5.74) is 0.747. The number of hydrogen-bond acceptors (Lipinski definition) is 2. The maximum atomic E-state index is 11.8. The summed E-state index contributed by atoms with van der Waals surface area (Å²) >= 11 is 10.4. The van der Waals surface area contributed by atoms with E-state index in [2.05, 4.69) is 21.2 Å². The van der Waals surface area contributed by atoms with Crippen LogP contribution in [0.5, 0.6) is 0 Å². The summed E-state index contributed by atoms with van der Waals surface area (Å²) in [6.07, 6.45) is 0. The molecule has 2 aromatic rings. The second kappa shape index (κ2) is 4.99.